The molecule has 3 amide bonds. The van der Waals surface area contributed by atoms with Crippen molar-refractivity contribution in [3.63, 3.8) is 0 Å². The van der Waals surface area contributed by atoms with Gasteiger partial charge in [-0.05, 0) is 42.0 Å². The summed E-state index contributed by atoms with van der Waals surface area (Å²) >= 11 is 0. The molecule has 2 aliphatic rings. The second kappa shape index (κ2) is 8.73. The van der Waals surface area contributed by atoms with E-state index in [0.717, 1.165) is 0 Å². The van der Waals surface area contributed by atoms with Gasteiger partial charge in [0.05, 0.1) is 29.2 Å². The lowest BCUT2D eigenvalue weighted by molar-refractivity contribution is -0.121. The minimum absolute atomic E-state index is 0.0291. The predicted molar refractivity (Wildman–Crippen MR) is 130 cm³/mol. The Balaban J connectivity index is 1.41. The molecule has 0 radical (unpaired) electrons. The topological polar surface area (TPSA) is 134 Å². The Hall–Kier alpha value is -4.44. The van der Waals surface area contributed by atoms with Crippen LogP contribution in [0.5, 0.6) is 0 Å². The smallest absolute Gasteiger partial charge is 0.256 e. The van der Waals surface area contributed by atoms with E-state index in [1.54, 1.807) is 48.5 Å². The Morgan fingerprint density at radius 2 is 1.83 bits per heavy atom. The maximum absolute atomic E-state index is 14.3. The van der Waals surface area contributed by atoms with Crippen molar-refractivity contribution in [1.29, 1.82) is 0 Å². The molecule has 35 heavy (non-hydrogen) atoms. The molecule has 0 saturated carbocycles. The molecule has 1 unspecified atom stereocenters. The molecule has 3 aromatic carbocycles. The molecule has 0 aromatic heterocycles. The Kier molecular flexibility index (Phi) is 5.58. The van der Waals surface area contributed by atoms with Crippen LogP contribution in [0.2, 0.25) is 0 Å². The van der Waals surface area contributed by atoms with Gasteiger partial charge in [-0.2, -0.15) is 0 Å². The second-order valence-corrected chi connectivity index (χ2v) is 8.44. The number of amides is 3. The molecular weight excluding hydrogens is 451 g/mol. The number of carbonyl (C=O) groups is 3. The second-order valence-electron chi connectivity index (χ2n) is 8.44. The van der Waals surface area contributed by atoms with Crippen LogP contribution >= 0.6 is 0 Å². The van der Waals surface area contributed by atoms with Crippen molar-refractivity contribution in [1.82, 2.24) is 9.80 Å². The number of hydrogen-bond acceptors (Lipinski definition) is 6. The lowest BCUT2D eigenvalue weighted by atomic mass is 10.0. The number of carbonyl (C=O) groups excluding carboxylic acids is 3. The van der Waals surface area contributed by atoms with E-state index in [1.807, 2.05) is 0 Å². The number of nitrogens with zero attached hydrogens (tertiary/aromatic N) is 2. The quantitative estimate of drug-likeness (QED) is 0.261. The fourth-order valence-electron chi connectivity index (χ4n) is 4.51. The Bertz CT molecular complexity index is 1360. The van der Waals surface area contributed by atoms with Crippen molar-refractivity contribution in [2.75, 3.05) is 36.1 Å². The highest BCUT2D eigenvalue weighted by atomic mass is 19.1. The summed E-state index contributed by atoms with van der Waals surface area (Å²) in [5.41, 5.74) is 11.1. The summed E-state index contributed by atoms with van der Waals surface area (Å²) in [6.45, 7) is 0.443. The van der Waals surface area contributed by atoms with Crippen molar-refractivity contribution in [2.45, 2.75) is 6.04 Å². The Morgan fingerprint density at radius 1 is 1.03 bits per heavy atom. The number of nitrogens with two attached hydrogens (primary N) is 2. The van der Waals surface area contributed by atoms with Crippen LogP contribution in [0.3, 0.4) is 0 Å². The van der Waals surface area contributed by atoms with E-state index < -0.39 is 17.8 Å². The lowest BCUT2D eigenvalue weighted by Gasteiger charge is -2.39. The van der Waals surface area contributed by atoms with Crippen molar-refractivity contribution in [3.05, 3.63) is 77.6 Å². The number of piperazine rings is 1. The van der Waals surface area contributed by atoms with E-state index in [4.69, 9.17) is 11.6 Å². The molecule has 1 atom stereocenters. The molecule has 178 valence electrons. The molecule has 1 fully saturated rings. The van der Waals surface area contributed by atoms with Crippen LogP contribution in [0.4, 0.5) is 21.5 Å². The van der Waals surface area contributed by atoms with Crippen LogP contribution in [-0.2, 0) is 4.79 Å². The highest BCUT2D eigenvalue weighted by Crippen LogP contribution is 2.31. The highest BCUT2D eigenvalue weighted by Gasteiger charge is 2.40. The molecule has 2 aliphatic heterocycles. The Morgan fingerprint density at radius 3 is 2.57 bits per heavy atom. The van der Waals surface area contributed by atoms with Gasteiger partial charge >= 0.3 is 0 Å². The van der Waals surface area contributed by atoms with Crippen LogP contribution in [0, 0.1) is 5.82 Å². The molecule has 3 aromatic rings. The maximum Gasteiger partial charge on any atom is 0.256 e. The normalized spacial score (nSPS) is 17.3. The van der Waals surface area contributed by atoms with Crippen LogP contribution in [-0.4, -0.2) is 53.2 Å². The number of hydrazine groups is 1. The van der Waals surface area contributed by atoms with Gasteiger partial charge in [0.25, 0.3) is 11.8 Å². The molecule has 9 nitrogen and oxygen atoms in total. The summed E-state index contributed by atoms with van der Waals surface area (Å²) in [5, 5.41) is 2.79. The van der Waals surface area contributed by atoms with Gasteiger partial charge in [-0.25, -0.2) is 4.39 Å². The van der Waals surface area contributed by atoms with Crippen molar-refractivity contribution >= 4 is 34.8 Å². The first-order valence-corrected chi connectivity index (χ1v) is 11.0. The minimum atomic E-state index is -0.869. The highest BCUT2D eigenvalue weighted by molar-refractivity contribution is 6.11. The molecule has 6 N–H and O–H groups in total. The van der Waals surface area contributed by atoms with Crippen molar-refractivity contribution in [2.24, 2.45) is 5.84 Å². The fraction of sp³-hybridized carbons (Fsp3) is 0.160. The van der Waals surface area contributed by atoms with E-state index in [2.05, 4.69) is 10.7 Å². The number of halogens is 1. The van der Waals surface area contributed by atoms with Gasteiger partial charge in [0.15, 0.2) is 0 Å². The van der Waals surface area contributed by atoms with Crippen molar-refractivity contribution in [3.8, 4) is 11.1 Å². The van der Waals surface area contributed by atoms with Gasteiger partial charge in [0.1, 0.15) is 11.9 Å². The summed E-state index contributed by atoms with van der Waals surface area (Å²) in [4.78, 5) is 42.6. The fourth-order valence-corrected chi connectivity index (χ4v) is 4.51. The average Bonchev–Trinajstić information content (AvgIpc) is 2.97. The van der Waals surface area contributed by atoms with Gasteiger partial charge in [-0.3, -0.25) is 20.2 Å². The van der Waals surface area contributed by atoms with Gasteiger partial charge in [0.2, 0.25) is 5.91 Å². The van der Waals surface area contributed by atoms with Crippen molar-refractivity contribution < 1.29 is 18.8 Å². The molecule has 0 spiro atoms. The van der Waals surface area contributed by atoms with E-state index in [1.165, 1.54) is 21.9 Å². The van der Waals surface area contributed by atoms with E-state index in [-0.39, 0.29) is 37.0 Å². The first-order chi connectivity index (χ1) is 16.9. The van der Waals surface area contributed by atoms with Crippen LogP contribution in [0.1, 0.15) is 20.7 Å². The van der Waals surface area contributed by atoms with Crippen LogP contribution in [0.15, 0.2) is 60.7 Å². The molecular formula is C25H23FN6O3. The van der Waals surface area contributed by atoms with E-state index in [0.29, 0.717) is 33.8 Å². The first-order valence-electron chi connectivity index (χ1n) is 11.0. The third kappa shape index (κ3) is 3.93. The molecule has 0 aliphatic carbocycles. The largest absolute Gasteiger partial charge is 0.397 e. The van der Waals surface area contributed by atoms with Gasteiger partial charge in [-0.1, -0.05) is 24.3 Å². The third-order valence-corrected chi connectivity index (χ3v) is 6.38. The first kappa shape index (κ1) is 22.4. The summed E-state index contributed by atoms with van der Waals surface area (Å²) in [7, 11) is 0. The number of fused-ring (bicyclic) bond motifs is 2. The lowest BCUT2D eigenvalue weighted by Crippen LogP contribution is -2.59. The SMILES string of the molecule is NNc1ccc(C(=O)N2CCN3C(=O)c4cc(-c5ccccc5F)ccc4NC(=O)C3C2)cc1N. The average molecular weight is 474 g/mol. The Labute approximate surface area is 200 Å². The molecule has 1 saturated heterocycles. The van der Waals surface area contributed by atoms with Crippen LogP contribution < -0.4 is 22.3 Å². The van der Waals surface area contributed by atoms with Gasteiger partial charge < -0.3 is 26.3 Å². The summed E-state index contributed by atoms with van der Waals surface area (Å²) in [6, 6.07) is 15.0. The number of benzene rings is 3. The minimum Gasteiger partial charge on any atom is -0.397 e. The zero-order chi connectivity index (χ0) is 24.7. The van der Waals surface area contributed by atoms with Crippen LogP contribution in [0.25, 0.3) is 11.1 Å². The number of nitrogen functional groups attached to an aromatic ring is 2. The number of hydrogen-bond donors (Lipinski definition) is 4. The van der Waals surface area contributed by atoms with E-state index in [9.17, 15) is 18.8 Å². The van der Waals surface area contributed by atoms with Gasteiger partial charge in [-0.15, -0.1) is 0 Å². The standard InChI is InChI=1S/C25H23FN6O3/c26-18-4-2-1-3-16(18)14-5-7-20-17(11-14)25(35)32-10-9-31(13-22(32)23(33)29-20)24(34)15-6-8-21(30-28)19(27)12-15/h1-8,11-12,22,30H,9-10,13,27-28H2,(H,29,33). The maximum atomic E-state index is 14.3. The van der Waals surface area contributed by atoms with E-state index >= 15 is 0 Å². The molecule has 0 bridgehead atoms. The monoisotopic (exact) mass is 474 g/mol. The summed E-state index contributed by atoms with van der Waals surface area (Å²) in [5.74, 6) is 3.95. The third-order valence-electron chi connectivity index (χ3n) is 6.38. The molecule has 2 heterocycles. The predicted octanol–water partition coefficient (Wildman–Crippen LogP) is 2.28. The molecule has 10 heteroatoms. The zero-order valence-electron chi connectivity index (χ0n) is 18.6. The summed E-state index contributed by atoms with van der Waals surface area (Å²) in [6.07, 6.45) is 0. The van der Waals surface area contributed by atoms with Gasteiger partial charge in [0, 0.05) is 24.2 Å². The zero-order valence-corrected chi connectivity index (χ0v) is 18.6. The number of nitrogens with one attached hydrogen (secondary N) is 2. The number of rotatable bonds is 3. The summed E-state index contributed by atoms with van der Waals surface area (Å²) < 4.78 is 14.3. The molecule has 5 rings (SSSR count). The number of anilines is 3.